The summed E-state index contributed by atoms with van der Waals surface area (Å²) in [5.74, 6) is -0.174. The van der Waals surface area contributed by atoms with Crippen LogP contribution in [-0.2, 0) is 10.0 Å². The van der Waals surface area contributed by atoms with E-state index in [1.165, 1.54) is 10.4 Å². The first-order valence-electron chi connectivity index (χ1n) is 10.6. The number of ether oxygens (including phenoxy) is 1. The van der Waals surface area contributed by atoms with Crippen LogP contribution in [0.1, 0.15) is 10.4 Å². The van der Waals surface area contributed by atoms with E-state index in [0.29, 0.717) is 37.1 Å². The Labute approximate surface area is 191 Å². The molecule has 3 aromatic rings. The summed E-state index contributed by atoms with van der Waals surface area (Å²) in [6, 6.07) is 15.9. The molecule has 1 aliphatic rings. The number of hydrogen-bond donors (Lipinski definition) is 1. The van der Waals surface area contributed by atoms with Crippen molar-refractivity contribution in [2.75, 3.05) is 50.5 Å². The number of benzene rings is 2. The molecular formula is C23H25N3O6S. The molecule has 0 aliphatic carbocycles. The Morgan fingerprint density at radius 1 is 1.06 bits per heavy atom. The van der Waals surface area contributed by atoms with Gasteiger partial charge in [0.05, 0.1) is 18.6 Å². The Balaban J connectivity index is 1.33. The molecule has 174 valence electrons. The fourth-order valence-corrected chi connectivity index (χ4v) is 5.17. The molecule has 1 N–H and O–H groups in total. The molecule has 9 nitrogen and oxygen atoms in total. The highest BCUT2D eigenvalue weighted by Gasteiger charge is 2.28. The second kappa shape index (κ2) is 9.63. The number of para-hydroxylation sites is 3. The van der Waals surface area contributed by atoms with E-state index in [-0.39, 0.29) is 17.9 Å². The van der Waals surface area contributed by atoms with Crippen molar-refractivity contribution in [1.29, 1.82) is 0 Å². The van der Waals surface area contributed by atoms with Crippen LogP contribution < -0.4 is 20.6 Å². The number of fused-ring (bicyclic) bond motifs is 1. The molecule has 33 heavy (non-hydrogen) atoms. The van der Waals surface area contributed by atoms with Gasteiger partial charge in [0, 0.05) is 38.1 Å². The fraction of sp³-hybridized carbons (Fsp3) is 0.304. The molecular weight excluding hydrogens is 446 g/mol. The predicted molar refractivity (Wildman–Crippen MR) is 125 cm³/mol. The first-order valence-corrected chi connectivity index (χ1v) is 12.2. The summed E-state index contributed by atoms with van der Waals surface area (Å²) in [6.45, 7) is 1.62. The molecule has 2 aromatic carbocycles. The van der Waals surface area contributed by atoms with Crippen molar-refractivity contribution in [3.63, 3.8) is 0 Å². The number of methoxy groups -OCH3 is 1. The van der Waals surface area contributed by atoms with Crippen LogP contribution in [0, 0.1) is 0 Å². The second-order valence-corrected chi connectivity index (χ2v) is 9.70. The molecule has 1 aromatic heterocycles. The van der Waals surface area contributed by atoms with E-state index in [0.717, 1.165) is 11.4 Å². The lowest BCUT2D eigenvalue weighted by atomic mass is 10.2. The summed E-state index contributed by atoms with van der Waals surface area (Å²) >= 11 is 0. The van der Waals surface area contributed by atoms with E-state index in [2.05, 4.69) is 10.2 Å². The molecule has 0 unspecified atom stereocenters. The number of hydrogen-bond acceptors (Lipinski definition) is 7. The smallest absolute Gasteiger partial charge is 0.349 e. The number of sulfonamides is 1. The molecule has 1 fully saturated rings. The monoisotopic (exact) mass is 471 g/mol. The number of anilines is 1. The van der Waals surface area contributed by atoms with Gasteiger partial charge in [-0.2, -0.15) is 4.31 Å². The van der Waals surface area contributed by atoms with E-state index in [1.54, 1.807) is 31.4 Å². The molecule has 0 radical (unpaired) electrons. The summed E-state index contributed by atoms with van der Waals surface area (Å²) in [5, 5.41) is 3.13. The maximum Gasteiger partial charge on any atom is 0.349 e. The van der Waals surface area contributed by atoms with Gasteiger partial charge >= 0.3 is 5.63 Å². The van der Waals surface area contributed by atoms with E-state index in [9.17, 15) is 18.0 Å². The van der Waals surface area contributed by atoms with Gasteiger partial charge in [0.1, 0.15) is 16.9 Å². The minimum Gasteiger partial charge on any atom is -0.495 e. The number of amides is 1. The van der Waals surface area contributed by atoms with Crippen molar-refractivity contribution in [3.8, 4) is 5.75 Å². The zero-order valence-electron chi connectivity index (χ0n) is 18.2. The lowest BCUT2D eigenvalue weighted by Crippen LogP contribution is -2.50. The van der Waals surface area contributed by atoms with Crippen molar-refractivity contribution in [3.05, 3.63) is 70.6 Å². The van der Waals surface area contributed by atoms with Gasteiger partial charge in [0.25, 0.3) is 5.91 Å². The third-order valence-corrected chi connectivity index (χ3v) is 7.46. The maximum absolute atomic E-state index is 12.8. The van der Waals surface area contributed by atoms with E-state index < -0.39 is 21.6 Å². The van der Waals surface area contributed by atoms with Crippen molar-refractivity contribution < 1.29 is 22.4 Å². The molecule has 1 saturated heterocycles. The Kier molecular flexibility index (Phi) is 6.66. The highest BCUT2D eigenvalue weighted by molar-refractivity contribution is 7.89. The Bertz CT molecular complexity index is 1310. The molecule has 0 bridgehead atoms. The molecule has 2 heterocycles. The molecule has 10 heteroatoms. The fourth-order valence-electron chi connectivity index (χ4n) is 3.84. The number of piperazine rings is 1. The number of rotatable bonds is 7. The van der Waals surface area contributed by atoms with E-state index >= 15 is 0 Å². The largest absolute Gasteiger partial charge is 0.495 e. The zero-order chi connectivity index (χ0) is 23.4. The molecule has 1 aliphatic heterocycles. The minimum absolute atomic E-state index is 0.111. The van der Waals surface area contributed by atoms with Crippen LogP contribution in [0.3, 0.4) is 0 Å². The normalized spacial score (nSPS) is 14.9. The maximum atomic E-state index is 12.8. The van der Waals surface area contributed by atoms with Crippen LogP contribution in [0.5, 0.6) is 5.75 Å². The third kappa shape index (κ3) is 5.01. The second-order valence-electron chi connectivity index (χ2n) is 7.62. The summed E-state index contributed by atoms with van der Waals surface area (Å²) in [5.41, 5.74) is 0.394. The Hall–Kier alpha value is -3.37. The van der Waals surface area contributed by atoms with Gasteiger partial charge in [0.15, 0.2) is 0 Å². The Morgan fingerprint density at radius 2 is 1.76 bits per heavy atom. The van der Waals surface area contributed by atoms with E-state index in [1.807, 2.05) is 24.3 Å². The van der Waals surface area contributed by atoms with Gasteiger partial charge in [0.2, 0.25) is 10.0 Å². The average Bonchev–Trinajstić information content (AvgIpc) is 2.83. The van der Waals surface area contributed by atoms with Crippen LogP contribution in [-0.4, -0.2) is 64.2 Å². The van der Waals surface area contributed by atoms with Gasteiger partial charge in [-0.05, 0) is 24.3 Å². The first kappa shape index (κ1) is 22.8. The van der Waals surface area contributed by atoms with Crippen molar-refractivity contribution in [2.24, 2.45) is 0 Å². The lowest BCUT2D eigenvalue weighted by Gasteiger charge is -2.35. The molecule has 4 rings (SSSR count). The standard InChI is InChI=1S/C23H25N3O6S/c1-31-21-9-5-3-7-19(21)25-11-13-26(14-12-25)33(29,30)15-10-24-22(27)18-16-17-6-2-4-8-20(17)32-23(18)28/h2-9,16H,10-15H2,1H3,(H,24,27). The van der Waals surface area contributed by atoms with Crippen LogP contribution in [0.25, 0.3) is 11.0 Å². The molecule has 0 spiro atoms. The summed E-state index contributed by atoms with van der Waals surface area (Å²) in [7, 11) is -1.96. The van der Waals surface area contributed by atoms with Crippen LogP contribution >= 0.6 is 0 Å². The number of nitrogens with zero attached hydrogens (tertiary/aromatic N) is 2. The van der Waals surface area contributed by atoms with Gasteiger partial charge in [-0.1, -0.05) is 30.3 Å². The highest BCUT2D eigenvalue weighted by atomic mass is 32.2. The number of carbonyl (C=O) groups excluding carboxylic acids is 1. The topological polar surface area (TPSA) is 109 Å². The van der Waals surface area contributed by atoms with Gasteiger partial charge in [-0.25, -0.2) is 13.2 Å². The van der Waals surface area contributed by atoms with Crippen molar-refractivity contribution in [1.82, 2.24) is 9.62 Å². The predicted octanol–water partition coefficient (Wildman–Crippen LogP) is 1.68. The molecule has 0 atom stereocenters. The number of nitrogens with one attached hydrogen (secondary N) is 1. The van der Waals surface area contributed by atoms with Gasteiger partial charge in [-0.15, -0.1) is 0 Å². The van der Waals surface area contributed by atoms with Gasteiger partial charge in [-0.3, -0.25) is 4.79 Å². The molecule has 0 saturated carbocycles. The summed E-state index contributed by atoms with van der Waals surface area (Å²) in [4.78, 5) is 26.6. The highest BCUT2D eigenvalue weighted by Crippen LogP contribution is 2.28. The lowest BCUT2D eigenvalue weighted by molar-refractivity contribution is 0.0952. The number of carbonyl (C=O) groups is 1. The third-order valence-electron chi connectivity index (χ3n) is 5.59. The van der Waals surface area contributed by atoms with Crippen LogP contribution in [0.2, 0.25) is 0 Å². The quantitative estimate of drug-likeness (QED) is 0.522. The molecule has 1 amide bonds. The Morgan fingerprint density at radius 3 is 2.52 bits per heavy atom. The van der Waals surface area contributed by atoms with Crippen LogP contribution in [0.15, 0.2) is 63.8 Å². The zero-order valence-corrected chi connectivity index (χ0v) is 19.0. The minimum atomic E-state index is -3.57. The SMILES string of the molecule is COc1ccccc1N1CCN(S(=O)(=O)CCNC(=O)c2cc3ccccc3oc2=O)CC1. The van der Waals surface area contributed by atoms with Gasteiger partial charge < -0.3 is 19.4 Å². The first-order chi connectivity index (χ1) is 15.9. The summed E-state index contributed by atoms with van der Waals surface area (Å²) < 4.78 is 37.5. The van der Waals surface area contributed by atoms with E-state index in [4.69, 9.17) is 9.15 Å². The van der Waals surface area contributed by atoms with Crippen molar-refractivity contribution in [2.45, 2.75) is 0 Å². The van der Waals surface area contributed by atoms with Crippen molar-refractivity contribution >= 4 is 32.6 Å². The van der Waals surface area contributed by atoms with Crippen LogP contribution in [0.4, 0.5) is 5.69 Å². The average molecular weight is 472 g/mol. The summed E-state index contributed by atoms with van der Waals surface area (Å²) in [6.07, 6.45) is 0.